The van der Waals surface area contributed by atoms with Gasteiger partial charge < -0.3 is 9.84 Å². The van der Waals surface area contributed by atoms with Gasteiger partial charge in [-0.15, -0.1) is 0 Å². The zero-order chi connectivity index (χ0) is 13.6. The second-order valence-electron chi connectivity index (χ2n) is 5.19. The third kappa shape index (κ3) is 5.71. The maximum atomic E-state index is 11.4. The van der Waals surface area contributed by atoms with Crippen LogP contribution in [0.1, 0.15) is 40.5 Å². The maximum absolute atomic E-state index is 11.4. The van der Waals surface area contributed by atoms with Crippen molar-refractivity contribution in [2.24, 2.45) is 23.7 Å². The summed E-state index contributed by atoms with van der Waals surface area (Å²) < 4.78 is 4.68. The van der Waals surface area contributed by atoms with Gasteiger partial charge in [0.25, 0.3) is 0 Å². The minimum absolute atomic E-state index is 0.00611. The summed E-state index contributed by atoms with van der Waals surface area (Å²) in [5.74, 6) is -0.506. The van der Waals surface area contributed by atoms with Crippen molar-refractivity contribution in [3.63, 3.8) is 0 Å². The number of carboxylic acid groups (broad SMARTS) is 1. The number of ether oxygens (including phenoxy) is 1. The van der Waals surface area contributed by atoms with Crippen molar-refractivity contribution in [2.45, 2.75) is 40.5 Å². The number of hydrogen-bond donors (Lipinski definition) is 1. The van der Waals surface area contributed by atoms with Crippen LogP contribution in [-0.2, 0) is 14.3 Å². The summed E-state index contributed by atoms with van der Waals surface area (Å²) in [6.45, 7) is 8.04. The first kappa shape index (κ1) is 15.9. The monoisotopic (exact) mass is 244 g/mol. The van der Waals surface area contributed by atoms with Gasteiger partial charge in [-0.05, 0) is 23.7 Å². The second kappa shape index (κ2) is 7.30. The number of hydrogen-bond acceptors (Lipinski definition) is 3. The molecule has 2 unspecified atom stereocenters. The molecule has 0 saturated heterocycles. The fraction of sp³-hybridized carbons (Fsp3) is 0.846. The molecule has 0 fully saturated rings. The van der Waals surface area contributed by atoms with E-state index >= 15 is 0 Å². The van der Waals surface area contributed by atoms with Crippen LogP contribution in [0.2, 0.25) is 0 Å². The number of methoxy groups -OCH3 is 1. The van der Waals surface area contributed by atoms with Gasteiger partial charge in [0.1, 0.15) is 0 Å². The molecule has 0 heterocycles. The molecule has 17 heavy (non-hydrogen) atoms. The Balaban J connectivity index is 4.82. The first-order chi connectivity index (χ1) is 7.79. The molecule has 0 spiro atoms. The van der Waals surface area contributed by atoms with Crippen molar-refractivity contribution in [3.05, 3.63) is 0 Å². The van der Waals surface area contributed by atoms with E-state index in [4.69, 9.17) is 5.11 Å². The lowest BCUT2D eigenvalue weighted by atomic mass is 9.74. The molecule has 0 aromatic heterocycles. The van der Waals surface area contributed by atoms with Gasteiger partial charge in [-0.2, -0.15) is 0 Å². The Morgan fingerprint density at radius 1 is 1.00 bits per heavy atom. The molecule has 0 radical (unpaired) electrons. The van der Waals surface area contributed by atoms with E-state index in [0.29, 0.717) is 6.42 Å². The number of rotatable bonds is 7. The topological polar surface area (TPSA) is 63.6 Å². The van der Waals surface area contributed by atoms with Gasteiger partial charge in [0, 0.05) is 12.8 Å². The van der Waals surface area contributed by atoms with Gasteiger partial charge in [-0.1, -0.05) is 27.7 Å². The number of esters is 1. The fourth-order valence-corrected chi connectivity index (χ4v) is 2.24. The van der Waals surface area contributed by atoms with E-state index in [-0.39, 0.29) is 36.1 Å². The first-order valence-electron chi connectivity index (χ1n) is 6.08. The first-order valence-corrected chi connectivity index (χ1v) is 6.08. The summed E-state index contributed by atoms with van der Waals surface area (Å²) in [6.07, 6.45) is 0.405. The zero-order valence-electron chi connectivity index (χ0n) is 11.4. The van der Waals surface area contributed by atoms with Crippen LogP contribution in [0.5, 0.6) is 0 Å². The van der Waals surface area contributed by atoms with Crippen LogP contribution in [0.4, 0.5) is 0 Å². The quantitative estimate of drug-likeness (QED) is 0.699. The molecular weight excluding hydrogens is 220 g/mol. The average molecular weight is 244 g/mol. The van der Waals surface area contributed by atoms with Crippen LogP contribution in [0.15, 0.2) is 0 Å². The molecule has 2 atom stereocenters. The Hall–Kier alpha value is -1.06. The van der Waals surface area contributed by atoms with E-state index in [1.54, 1.807) is 0 Å². The van der Waals surface area contributed by atoms with E-state index in [9.17, 15) is 9.59 Å². The Labute approximate surface area is 103 Å². The third-order valence-electron chi connectivity index (χ3n) is 3.30. The Kier molecular flexibility index (Phi) is 6.85. The number of carbonyl (C=O) groups is 2. The minimum atomic E-state index is -0.806. The molecule has 0 aliphatic rings. The Morgan fingerprint density at radius 3 is 1.71 bits per heavy atom. The van der Waals surface area contributed by atoms with Crippen LogP contribution in [0, 0.1) is 23.7 Å². The van der Waals surface area contributed by atoms with Gasteiger partial charge in [-0.3, -0.25) is 9.59 Å². The van der Waals surface area contributed by atoms with Crippen molar-refractivity contribution in [2.75, 3.05) is 7.11 Å². The third-order valence-corrected chi connectivity index (χ3v) is 3.30. The van der Waals surface area contributed by atoms with Crippen LogP contribution in [0.3, 0.4) is 0 Å². The van der Waals surface area contributed by atoms with Crippen LogP contribution >= 0.6 is 0 Å². The molecule has 0 saturated carbocycles. The highest BCUT2D eigenvalue weighted by atomic mass is 16.5. The van der Waals surface area contributed by atoms with E-state index in [0.717, 1.165) is 0 Å². The summed E-state index contributed by atoms with van der Waals surface area (Å²) in [4.78, 5) is 22.3. The van der Waals surface area contributed by atoms with Crippen molar-refractivity contribution >= 4 is 11.9 Å². The lowest BCUT2D eigenvalue weighted by molar-refractivity contribution is -0.145. The summed E-state index contributed by atoms with van der Waals surface area (Å²) in [7, 11) is 1.36. The van der Waals surface area contributed by atoms with Gasteiger partial charge in [0.05, 0.1) is 7.11 Å². The van der Waals surface area contributed by atoms with Crippen molar-refractivity contribution < 1.29 is 19.4 Å². The van der Waals surface area contributed by atoms with E-state index in [1.807, 2.05) is 27.7 Å². The van der Waals surface area contributed by atoms with E-state index in [1.165, 1.54) is 7.11 Å². The summed E-state index contributed by atoms with van der Waals surface area (Å²) in [6, 6.07) is 0. The lowest BCUT2D eigenvalue weighted by Crippen LogP contribution is -2.29. The fourth-order valence-electron chi connectivity index (χ4n) is 2.24. The molecular formula is C13H24O4. The smallest absolute Gasteiger partial charge is 0.305 e. The van der Waals surface area contributed by atoms with E-state index < -0.39 is 5.97 Å². The summed E-state index contributed by atoms with van der Waals surface area (Å²) in [5, 5.41) is 8.94. The number of carbonyl (C=O) groups excluding carboxylic acids is 1. The Bertz CT molecular complexity index is 258. The molecule has 0 bridgehead atoms. The molecule has 0 aliphatic heterocycles. The average Bonchev–Trinajstić information content (AvgIpc) is 2.21. The number of aliphatic carboxylic acids is 1. The van der Waals surface area contributed by atoms with Gasteiger partial charge in [0.15, 0.2) is 0 Å². The normalized spacial score (nSPS) is 14.8. The van der Waals surface area contributed by atoms with Gasteiger partial charge >= 0.3 is 11.9 Å². The highest BCUT2D eigenvalue weighted by molar-refractivity contribution is 5.70. The predicted molar refractivity (Wildman–Crippen MR) is 65.5 cm³/mol. The number of carboxylic acids is 1. The molecule has 0 aliphatic carbocycles. The summed E-state index contributed by atoms with van der Waals surface area (Å²) in [5.41, 5.74) is 0. The summed E-state index contributed by atoms with van der Waals surface area (Å²) >= 11 is 0. The Morgan fingerprint density at radius 2 is 1.41 bits per heavy atom. The molecule has 4 heteroatoms. The van der Waals surface area contributed by atoms with Crippen LogP contribution < -0.4 is 0 Å². The highest BCUT2D eigenvalue weighted by Crippen LogP contribution is 2.33. The van der Waals surface area contributed by atoms with Gasteiger partial charge in [-0.25, -0.2) is 0 Å². The largest absolute Gasteiger partial charge is 0.481 e. The van der Waals surface area contributed by atoms with E-state index in [2.05, 4.69) is 4.74 Å². The SMILES string of the molecule is COC(=O)CC(C(C)C)C(CC(=O)O)C(C)C. The predicted octanol–water partition coefficient (Wildman–Crippen LogP) is 2.57. The highest BCUT2D eigenvalue weighted by Gasteiger charge is 2.31. The molecule has 1 N–H and O–H groups in total. The standard InChI is InChI=1S/C13H24O4/c1-8(2)10(6-12(14)15)11(9(3)4)7-13(16)17-5/h8-11H,6-7H2,1-5H3,(H,14,15). The van der Waals surface area contributed by atoms with Crippen molar-refractivity contribution in [1.82, 2.24) is 0 Å². The molecule has 0 aromatic rings. The lowest BCUT2D eigenvalue weighted by Gasteiger charge is -2.31. The van der Waals surface area contributed by atoms with Crippen LogP contribution in [0.25, 0.3) is 0 Å². The van der Waals surface area contributed by atoms with Gasteiger partial charge in [0.2, 0.25) is 0 Å². The van der Waals surface area contributed by atoms with Crippen molar-refractivity contribution in [1.29, 1.82) is 0 Å². The molecule has 4 nitrogen and oxygen atoms in total. The molecule has 0 aromatic carbocycles. The van der Waals surface area contributed by atoms with Crippen molar-refractivity contribution in [3.8, 4) is 0 Å². The molecule has 0 rings (SSSR count). The molecule has 0 amide bonds. The zero-order valence-corrected chi connectivity index (χ0v) is 11.4. The maximum Gasteiger partial charge on any atom is 0.305 e. The molecule has 100 valence electrons. The van der Waals surface area contributed by atoms with Crippen LogP contribution in [-0.4, -0.2) is 24.2 Å². The minimum Gasteiger partial charge on any atom is -0.481 e. The second-order valence-corrected chi connectivity index (χ2v) is 5.19.